The van der Waals surface area contributed by atoms with Crippen molar-refractivity contribution in [2.24, 2.45) is 0 Å². The lowest BCUT2D eigenvalue weighted by atomic mass is 10.9. The molecule has 0 bridgehead atoms. The molecule has 33 valence electrons. The summed E-state index contributed by atoms with van der Waals surface area (Å²) in [7, 11) is 3.13. The van der Waals surface area contributed by atoms with Crippen molar-refractivity contribution in [1.29, 1.82) is 0 Å². The molecule has 0 spiro atoms. The van der Waals surface area contributed by atoms with Crippen LogP contribution in [0.4, 0.5) is 0 Å². The van der Waals surface area contributed by atoms with E-state index in [0.717, 1.165) is 0 Å². The van der Waals surface area contributed by atoms with Crippen LogP contribution < -0.4 is 0 Å². The van der Waals surface area contributed by atoms with Gasteiger partial charge in [-0.2, -0.15) is 0 Å². The van der Waals surface area contributed by atoms with Crippen molar-refractivity contribution in [3.8, 4) is 0 Å². The molecule has 1 nitrogen and oxygen atoms in total. The van der Waals surface area contributed by atoms with Crippen LogP contribution in [0, 0.1) is 0 Å². The molecule has 0 aromatic carbocycles. The first-order valence-corrected chi connectivity index (χ1v) is 3.24. The first kappa shape index (κ1) is 6.24. The molecule has 3 radical (unpaired) electrons. The maximum absolute atomic E-state index is 9.98. The van der Waals surface area contributed by atoms with Crippen LogP contribution in [-0.2, 0) is 4.79 Å². The van der Waals surface area contributed by atoms with Gasteiger partial charge in [-0.05, 0) is 5.38 Å². The molecule has 0 rings (SSSR count). The molecule has 0 amide bonds. The summed E-state index contributed by atoms with van der Waals surface area (Å²) in [5.41, 5.74) is 0. The Bertz CT molecular complexity index is 54.8. The quantitative estimate of drug-likeness (QED) is 0.462. The summed E-state index contributed by atoms with van der Waals surface area (Å²) in [5, 5.41) is 0.861. The monoisotopic (exact) mass is 117 g/mol. The fraction of sp³-hybridized carbons (Fsp3) is 0.667. The van der Waals surface area contributed by atoms with Gasteiger partial charge in [0.1, 0.15) is 0 Å². The SMILES string of the molecule is CC(=O)SC[Si]. The lowest BCUT2D eigenvalue weighted by Crippen LogP contribution is -1.82. The summed E-state index contributed by atoms with van der Waals surface area (Å²) in [6, 6.07) is 0. The van der Waals surface area contributed by atoms with Crippen LogP contribution >= 0.6 is 11.8 Å². The van der Waals surface area contributed by atoms with Gasteiger partial charge in [-0.25, -0.2) is 0 Å². The van der Waals surface area contributed by atoms with E-state index in [0.29, 0.717) is 5.38 Å². The Balaban J connectivity index is 2.83. The summed E-state index contributed by atoms with van der Waals surface area (Å²) >= 11 is 1.26. The van der Waals surface area contributed by atoms with E-state index in [1.54, 1.807) is 6.92 Å². The van der Waals surface area contributed by atoms with Gasteiger partial charge in [-0.1, -0.05) is 11.8 Å². The van der Waals surface area contributed by atoms with Crippen LogP contribution in [0.2, 0.25) is 0 Å². The molecule has 6 heavy (non-hydrogen) atoms. The summed E-state index contributed by atoms with van der Waals surface area (Å²) < 4.78 is 0. The first-order chi connectivity index (χ1) is 2.77. The highest BCUT2D eigenvalue weighted by molar-refractivity contribution is 8.14. The average molecular weight is 117 g/mol. The third-order valence-corrected chi connectivity index (χ3v) is 1.26. The van der Waals surface area contributed by atoms with E-state index < -0.39 is 0 Å². The van der Waals surface area contributed by atoms with Crippen molar-refractivity contribution in [3.05, 3.63) is 0 Å². The van der Waals surface area contributed by atoms with Gasteiger partial charge < -0.3 is 0 Å². The first-order valence-electron chi connectivity index (χ1n) is 1.55. The summed E-state index contributed by atoms with van der Waals surface area (Å²) in [6.45, 7) is 1.55. The average Bonchev–Trinajstić information content (AvgIpc) is 1.35. The van der Waals surface area contributed by atoms with E-state index in [1.165, 1.54) is 11.8 Å². The highest BCUT2D eigenvalue weighted by atomic mass is 32.2. The Morgan fingerprint density at radius 3 is 2.50 bits per heavy atom. The van der Waals surface area contributed by atoms with Crippen LogP contribution in [0.15, 0.2) is 0 Å². The fourth-order valence-electron chi connectivity index (χ4n) is 0.102. The Hall–Kier alpha value is 0.237. The highest BCUT2D eigenvalue weighted by Crippen LogP contribution is 1.94. The van der Waals surface area contributed by atoms with Gasteiger partial charge in [0.2, 0.25) is 0 Å². The van der Waals surface area contributed by atoms with Gasteiger partial charge in [-0.3, -0.25) is 4.79 Å². The fourth-order valence-corrected chi connectivity index (χ4v) is 0.915. The molecule has 0 saturated heterocycles. The van der Waals surface area contributed by atoms with Crippen LogP contribution in [0.25, 0.3) is 0 Å². The molecular formula is C3H5OSSi. The van der Waals surface area contributed by atoms with E-state index in [1.807, 2.05) is 0 Å². The molecule has 0 aromatic heterocycles. The number of hydrogen-bond acceptors (Lipinski definition) is 2. The smallest absolute Gasteiger partial charge is 0.185 e. The predicted octanol–water partition coefficient (Wildman–Crippen LogP) is 0.392. The normalized spacial score (nSPS) is 8.33. The zero-order valence-electron chi connectivity index (χ0n) is 3.52. The second-order valence-electron chi connectivity index (χ2n) is 0.780. The van der Waals surface area contributed by atoms with Crippen molar-refractivity contribution in [3.63, 3.8) is 0 Å². The van der Waals surface area contributed by atoms with Crippen molar-refractivity contribution in [1.82, 2.24) is 0 Å². The van der Waals surface area contributed by atoms with E-state index in [9.17, 15) is 4.79 Å². The molecule has 0 aromatic rings. The number of carbonyl (C=O) groups excluding carboxylic acids is 1. The Morgan fingerprint density at radius 2 is 2.50 bits per heavy atom. The number of carbonyl (C=O) groups is 1. The second kappa shape index (κ2) is 3.43. The lowest BCUT2D eigenvalue weighted by Gasteiger charge is -1.80. The number of thioether (sulfide) groups is 1. The molecule has 0 heterocycles. The van der Waals surface area contributed by atoms with Crippen LogP contribution in [0.1, 0.15) is 6.92 Å². The minimum absolute atomic E-state index is 0.157. The molecule has 0 N–H and O–H groups in total. The van der Waals surface area contributed by atoms with Crippen LogP contribution in [0.3, 0.4) is 0 Å². The Labute approximate surface area is 44.9 Å². The molecule has 0 aliphatic heterocycles. The molecule has 0 atom stereocenters. The summed E-state index contributed by atoms with van der Waals surface area (Å²) in [5.74, 6) is 0. The van der Waals surface area contributed by atoms with Gasteiger partial charge in [0.05, 0.1) is 0 Å². The third-order valence-electron chi connectivity index (χ3n) is 0.275. The minimum atomic E-state index is 0.157. The third kappa shape index (κ3) is 4.24. The zero-order valence-corrected chi connectivity index (χ0v) is 5.34. The second-order valence-corrected chi connectivity index (χ2v) is 2.80. The van der Waals surface area contributed by atoms with Gasteiger partial charge in [-0.15, -0.1) is 0 Å². The van der Waals surface area contributed by atoms with Crippen molar-refractivity contribution in [2.45, 2.75) is 6.92 Å². The van der Waals surface area contributed by atoms with Crippen molar-refractivity contribution >= 4 is 27.1 Å². The molecule has 0 saturated carbocycles. The molecule has 0 aliphatic carbocycles. The Morgan fingerprint density at radius 1 is 2.00 bits per heavy atom. The highest BCUT2D eigenvalue weighted by Gasteiger charge is 1.84. The number of rotatable bonds is 1. The standard InChI is InChI=1S/C3H5OSSi/c1-3(4)5-2-6/h2H2,1H3. The van der Waals surface area contributed by atoms with Gasteiger partial charge >= 0.3 is 0 Å². The lowest BCUT2D eigenvalue weighted by molar-refractivity contribution is -0.109. The van der Waals surface area contributed by atoms with Gasteiger partial charge in [0.15, 0.2) is 5.12 Å². The van der Waals surface area contributed by atoms with E-state index in [4.69, 9.17) is 0 Å². The van der Waals surface area contributed by atoms with E-state index >= 15 is 0 Å². The summed E-state index contributed by atoms with van der Waals surface area (Å²) in [4.78, 5) is 9.98. The van der Waals surface area contributed by atoms with Crippen LogP contribution in [0.5, 0.6) is 0 Å². The Kier molecular flexibility index (Phi) is 3.56. The predicted molar refractivity (Wildman–Crippen MR) is 28.9 cm³/mol. The molecular weight excluding hydrogens is 112 g/mol. The maximum Gasteiger partial charge on any atom is 0.185 e. The molecule has 0 fully saturated rings. The van der Waals surface area contributed by atoms with Crippen molar-refractivity contribution in [2.75, 3.05) is 5.38 Å². The largest absolute Gasteiger partial charge is 0.288 e. The van der Waals surface area contributed by atoms with Crippen molar-refractivity contribution < 1.29 is 4.79 Å². The van der Waals surface area contributed by atoms with E-state index in [2.05, 4.69) is 10.2 Å². The molecule has 0 unspecified atom stereocenters. The maximum atomic E-state index is 9.98. The topological polar surface area (TPSA) is 17.1 Å². The minimum Gasteiger partial charge on any atom is -0.288 e. The summed E-state index contributed by atoms with van der Waals surface area (Å²) in [6.07, 6.45) is 0. The molecule has 3 heteroatoms. The zero-order chi connectivity index (χ0) is 4.99. The van der Waals surface area contributed by atoms with E-state index in [-0.39, 0.29) is 5.12 Å². The van der Waals surface area contributed by atoms with Gasteiger partial charge in [0.25, 0.3) is 0 Å². The molecule has 0 aliphatic rings. The van der Waals surface area contributed by atoms with Crippen LogP contribution in [-0.4, -0.2) is 20.7 Å². The van der Waals surface area contributed by atoms with Gasteiger partial charge in [0, 0.05) is 17.2 Å². The number of hydrogen-bond donors (Lipinski definition) is 0.